The van der Waals surface area contributed by atoms with E-state index in [0.717, 1.165) is 25.3 Å². The van der Waals surface area contributed by atoms with Gasteiger partial charge in [0.25, 0.3) is 0 Å². The van der Waals surface area contributed by atoms with Crippen molar-refractivity contribution in [2.24, 2.45) is 0 Å². The van der Waals surface area contributed by atoms with Gasteiger partial charge in [-0.2, -0.15) is 0 Å². The molecule has 1 aromatic rings. The SMILES string of the molecule is Clc1ncccc1CN1CC2CC1CO2. The fourth-order valence-electron chi connectivity index (χ4n) is 2.43. The van der Waals surface area contributed by atoms with E-state index in [1.807, 2.05) is 12.1 Å². The van der Waals surface area contributed by atoms with Crippen LogP contribution < -0.4 is 0 Å². The number of aromatic nitrogens is 1. The highest BCUT2D eigenvalue weighted by Gasteiger charge is 2.38. The average molecular weight is 225 g/mol. The maximum Gasteiger partial charge on any atom is 0.133 e. The molecule has 3 rings (SSSR count). The quantitative estimate of drug-likeness (QED) is 0.716. The summed E-state index contributed by atoms with van der Waals surface area (Å²) in [6, 6.07) is 4.57. The van der Waals surface area contributed by atoms with Crippen LogP contribution in [0, 0.1) is 0 Å². The summed E-state index contributed by atoms with van der Waals surface area (Å²) in [5.41, 5.74) is 1.12. The van der Waals surface area contributed by atoms with Crippen molar-refractivity contribution in [1.82, 2.24) is 9.88 Å². The van der Waals surface area contributed by atoms with Crippen LogP contribution in [-0.4, -0.2) is 35.2 Å². The van der Waals surface area contributed by atoms with E-state index in [1.165, 1.54) is 6.42 Å². The van der Waals surface area contributed by atoms with Crippen LogP contribution in [0.15, 0.2) is 18.3 Å². The lowest BCUT2D eigenvalue weighted by Gasteiger charge is -2.26. The summed E-state index contributed by atoms with van der Waals surface area (Å²) < 4.78 is 5.56. The lowest BCUT2D eigenvalue weighted by atomic mass is 10.2. The van der Waals surface area contributed by atoms with E-state index in [-0.39, 0.29) is 0 Å². The average Bonchev–Trinajstić information content (AvgIpc) is 2.83. The Labute approximate surface area is 94.0 Å². The Balaban J connectivity index is 1.73. The number of morpholine rings is 1. The van der Waals surface area contributed by atoms with Crippen LogP contribution in [0.4, 0.5) is 0 Å². The smallest absolute Gasteiger partial charge is 0.133 e. The second-order valence-electron chi connectivity index (χ2n) is 4.23. The molecule has 0 aromatic carbocycles. The van der Waals surface area contributed by atoms with Crippen LogP contribution in [0.3, 0.4) is 0 Å². The molecule has 2 atom stereocenters. The normalized spacial score (nSPS) is 29.9. The number of likely N-dealkylation sites (tertiary alicyclic amines) is 1. The van der Waals surface area contributed by atoms with Gasteiger partial charge in [0, 0.05) is 30.9 Å². The Bertz CT molecular complexity index is 371. The maximum atomic E-state index is 6.04. The molecule has 1 aromatic heterocycles. The molecular formula is C11H13ClN2O. The van der Waals surface area contributed by atoms with Gasteiger partial charge in [0.15, 0.2) is 0 Å². The van der Waals surface area contributed by atoms with Gasteiger partial charge >= 0.3 is 0 Å². The summed E-state index contributed by atoms with van der Waals surface area (Å²) >= 11 is 6.04. The van der Waals surface area contributed by atoms with Crippen LogP contribution in [0.25, 0.3) is 0 Å². The highest BCUT2D eigenvalue weighted by molar-refractivity contribution is 6.30. The molecule has 0 radical (unpaired) electrons. The zero-order valence-electron chi connectivity index (χ0n) is 8.40. The fraction of sp³-hybridized carbons (Fsp3) is 0.545. The summed E-state index contributed by atoms with van der Waals surface area (Å²) in [5, 5.41) is 0.626. The van der Waals surface area contributed by atoms with Gasteiger partial charge in [0.05, 0.1) is 12.7 Å². The minimum absolute atomic E-state index is 0.449. The van der Waals surface area contributed by atoms with E-state index >= 15 is 0 Å². The minimum Gasteiger partial charge on any atom is -0.375 e. The van der Waals surface area contributed by atoms with Gasteiger partial charge in [-0.3, -0.25) is 4.90 Å². The second kappa shape index (κ2) is 3.74. The van der Waals surface area contributed by atoms with Gasteiger partial charge in [-0.05, 0) is 12.5 Å². The maximum absolute atomic E-state index is 6.04. The first kappa shape index (κ1) is 9.58. The van der Waals surface area contributed by atoms with Crippen molar-refractivity contribution in [3.05, 3.63) is 29.0 Å². The van der Waals surface area contributed by atoms with Crippen molar-refractivity contribution in [1.29, 1.82) is 0 Å². The van der Waals surface area contributed by atoms with Crippen LogP contribution in [0.2, 0.25) is 5.15 Å². The number of halogens is 1. The van der Waals surface area contributed by atoms with Crippen LogP contribution in [0.1, 0.15) is 12.0 Å². The van der Waals surface area contributed by atoms with Gasteiger partial charge in [0.1, 0.15) is 5.15 Å². The van der Waals surface area contributed by atoms with Crippen molar-refractivity contribution in [3.63, 3.8) is 0 Å². The molecule has 0 saturated carbocycles. The van der Waals surface area contributed by atoms with Crippen molar-refractivity contribution in [2.75, 3.05) is 13.2 Å². The zero-order chi connectivity index (χ0) is 10.3. The molecule has 2 aliphatic heterocycles. The summed E-state index contributed by atoms with van der Waals surface area (Å²) in [7, 11) is 0. The molecule has 4 heteroatoms. The standard InChI is InChI=1S/C11H13ClN2O/c12-11-8(2-1-3-13-11)5-14-6-10-4-9(14)7-15-10/h1-3,9-10H,4-7H2. The zero-order valence-corrected chi connectivity index (χ0v) is 9.15. The van der Waals surface area contributed by atoms with E-state index in [1.54, 1.807) is 6.20 Å². The molecule has 2 bridgehead atoms. The predicted octanol–water partition coefficient (Wildman–Crippen LogP) is 1.71. The third-order valence-corrected chi connectivity index (χ3v) is 3.56. The monoisotopic (exact) mass is 224 g/mol. The van der Waals surface area contributed by atoms with Crippen molar-refractivity contribution in [3.8, 4) is 0 Å². The third-order valence-electron chi connectivity index (χ3n) is 3.22. The summed E-state index contributed by atoms with van der Waals surface area (Å²) in [5.74, 6) is 0. The number of fused-ring (bicyclic) bond motifs is 2. The van der Waals surface area contributed by atoms with E-state index in [2.05, 4.69) is 9.88 Å². The Kier molecular flexibility index (Phi) is 2.39. The van der Waals surface area contributed by atoms with Crippen LogP contribution in [0.5, 0.6) is 0 Å². The van der Waals surface area contributed by atoms with E-state index in [9.17, 15) is 0 Å². The molecule has 3 nitrogen and oxygen atoms in total. The molecule has 3 heterocycles. The highest BCUT2D eigenvalue weighted by Crippen LogP contribution is 2.29. The van der Waals surface area contributed by atoms with Crippen LogP contribution in [-0.2, 0) is 11.3 Å². The number of ether oxygens (including phenoxy) is 1. The number of nitrogens with zero attached hydrogens (tertiary/aromatic N) is 2. The first-order valence-corrected chi connectivity index (χ1v) is 5.66. The van der Waals surface area contributed by atoms with E-state index in [4.69, 9.17) is 16.3 Å². The lowest BCUT2D eigenvalue weighted by Crippen LogP contribution is -2.36. The van der Waals surface area contributed by atoms with Crippen molar-refractivity contribution in [2.45, 2.75) is 25.1 Å². The van der Waals surface area contributed by atoms with Gasteiger partial charge in [-0.1, -0.05) is 17.7 Å². The van der Waals surface area contributed by atoms with E-state index < -0.39 is 0 Å². The molecule has 2 unspecified atom stereocenters. The Morgan fingerprint density at radius 3 is 3.20 bits per heavy atom. The summed E-state index contributed by atoms with van der Waals surface area (Å²) in [6.45, 7) is 2.82. The number of hydrogen-bond donors (Lipinski definition) is 0. The third kappa shape index (κ3) is 1.75. The lowest BCUT2D eigenvalue weighted by molar-refractivity contribution is 0.0273. The number of rotatable bonds is 2. The van der Waals surface area contributed by atoms with Gasteiger partial charge in [-0.15, -0.1) is 0 Å². The summed E-state index contributed by atoms with van der Waals surface area (Å²) in [6.07, 6.45) is 3.36. The van der Waals surface area contributed by atoms with Crippen molar-refractivity contribution >= 4 is 11.6 Å². The number of hydrogen-bond acceptors (Lipinski definition) is 3. The molecule has 0 N–H and O–H groups in total. The van der Waals surface area contributed by atoms with Crippen LogP contribution >= 0.6 is 11.6 Å². The highest BCUT2D eigenvalue weighted by atomic mass is 35.5. The largest absolute Gasteiger partial charge is 0.375 e. The molecular weight excluding hydrogens is 212 g/mol. The molecule has 2 fully saturated rings. The van der Waals surface area contributed by atoms with Crippen molar-refractivity contribution < 1.29 is 4.74 Å². The molecule has 2 saturated heterocycles. The second-order valence-corrected chi connectivity index (χ2v) is 4.59. The van der Waals surface area contributed by atoms with Gasteiger partial charge in [0.2, 0.25) is 0 Å². The molecule has 15 heavy (non-hydrogen) atoms. The molecule has 80 valence electrons. The Morgan fingerprint density at radius 2 is 2.53 bits per heavy atom. The molecule has 0 aliphatic carbocycles. The molecule has 2 aliphatic rings. The topological polar surface area (TPSA) is 25.4 Å². The van der Waals surface area contributed by atoms with E-state index in [0.29, 0.717) is 17.3 Å². The predicted molar refractivity (Wildman–Crippen MR) is 57.8 cm³/mol. The first-order valence-electron chi connectivity index (χ1n) is 5.28. The summed E-state index contributed by atoms with van der Waals surface area (Å²) in [4.78, 5) is 6.53. The van der Waals surface area contributed by atoms with Gasteiger partial charge < -0.3 is 4.74 Å². The number of pyridine rings is 1. The first-order chi connectivity index (χ1) is 7.33. The minimum atomic E-state index is 0.449. The molecule has 0 spiro atoms. The molecule has 0 amide bonds. The Hall–Kier alpha value is -0.640. The Morgan fingerprint density at radius 1 is 1.60 bits per heavy atom. The fourth-order valence-corrected chi connectivity index (χ4v) is 2.61. The van der Waals surface area contributed by atoms with Gasteiger partial charge in [-0.25, -0.2) is 4.98 Å².